The number of benzene rings is 1. The Balaban J connectivity index is 2.14. The minimum absolute atomic E-state index is 0.243. The number of hydrogen-bond donors (Lipinski definition) is 1. The van der Waals surface area contributed by atoms with Crippen LogP contribution in [0.1, 0.15) is 49.5 Å². The third-order valence-electron chi connectivity index (χ3n) is 4.36. The van der Waals surface area contributed by atoms with Crippen LogP contribution in [0.2, 0.25) is 0 Å². The largest absolute Gasteiger partial charge is 0.478 e. The third-order valence-corrected chi connectivity index (χ3v) is 4.36. The van der Waals surface area contributed by atoms with E-state index in [1.807, 2.05) is 6.33 Å². The summed E-state index contributed by atoms with van der Waals surface area (Å²) in [5.74, 6) is -0.889. The maximum Gasteiger partial charge on any atom is 0.335 e. The number of nitrogens with zero attached hydrogens (tertiary/aromatic N) is 2. The molecule has 1 aliphatic carbocycles. The second-order valence-electron chi connectivity index (χ2n) is 6.06. The van der Waals surface area contributed by atoms with E-state index < -0.39 is 5.97 Å². The van der Waals surface area contributed by atoms with Gasteiger partial charge in [0.1, 0.15) is 0 Å². The summed E-state index contributed by atoms with van der Waals surface area (Å²) in [5.41, 5.74) is 2.37. The highest BCUT2D eigenvalue weighted by Gasteiger charge is 2.36. The number of carbonyl (C=O) groups is 1. The first-order chi connectivity index (χ1) is 8.99. The van der Waals surface area contributed by atoms with E-state index in [2.05, 4.69) is 23.4 Å². The lowest BCUT2D eigenvalue weighted by Gasteiger charge is -2.28. The summed E-state index contributed by atoms with van der Waals surface area (Å²) in [6.07, 6.45) is 5.41. The molecule has 0 radical (unpaired) electrons. The summed E-state index contributed by atoms with van der Waals surface area (Å²) in [6.45, 7) is 4.55. The van der Waals surface area contributed by atoms with Gasteiger partial charge in [-0.05, 0) is 36.5 Å². The fourth-order valence-corrected chi connectivity index (χ4v) is 3.23. The molecule has 1 aliphatic rings. The van der Waals surface area contributed by atoms with Gasteiger partial charge < -0.3 is 9.67 Å². The van der Waals surface area contributed by atoms with E-state index in [0.29, 0.717) is 11.6 Å². The molecule has 1 N–H and O–H groups in total. The highest BCUT2D eigenvalue weighted by atomic mass is 16.4. The maximum absolute atomic E-state index is 11.1. The van der Waals surface area contributed by atoms with Crippen LogP contribution in [0.5, 0.6) is 0 Å². The van der Waals surface area contributed by atoms with Gasteiger partial charge in [0.05, 0.1) is 22.9 Å². The zero-order valence-electron chi connectivity index (χ0n) is 11.3. The standard InChI is InChI=1S/C15H18N2O2/c1-15(2)7-3-4-13(15)17-9-16-11-6-5-10(14(18)19)8-12(11)17/h5-6,8-9,13H,3-4,7H2,1-2H3,(H,18,19). The molecular formula is C15H18N2O2. The van der Waals surface area contributed by atoms with Crippen molar-refractivity contribution in [1.82, 2.24) is 9.55 Å². The van der Waals surface area contributed by atoms with E-state index >= 15 is 0 Å². The fraction of sp³-hybridized carbons (Fsp3) is 0.467. The quantitative estimate of drug-likeness (QED) is 0.897. The number of fused-ring (bicyclic) bond motifs is 1. The van der Waals surface area contributed by atoms with Crippen LogP contribution in [0.4, 0.5) is 0 Å². The van der Waals surface area contributed by atoms with E-state index in [4.69, 9.17) is 5.11 Å². The van der Waals surface area contributed by atoms with Crippen LogP contribution < -0.4 is 0 Å². The predicted octanol–water partition coefficient (Wildman–Crippen LogP) is 3.49. The average Bonchev–Trinajstić information content (AvgIpc) is 2.90. The third kappa shape index (κ3) is 1.91. The molecule has 0 bridgehead atoms. The molecule has 4 heteroatoms. The highest BCUT2D eigenvalue weighted by Crippen LogP contribution is 2.46. The molecule has 0 spiro atoms. The molecule has 1 aromatic carbocycles. The van der Waals surface area contributed by atoms with Gasteiger partial charge in [-0.1, -0.05) is 20.3 Å². The van der Waals surface area contributed by atoms with Gasteiger partial charge in [0, 0.05) is 6.04 Å². The molecule has 1 saturated carbocycles. The SMILES string of the molecule is CC1(C)CCCC1n1cnc2ccc(C(=O)O)cc21. The predicted molar refractivity (Wildman–Crippen MR) is 73.4 cm³/mol. The van der Waals surface area contributed by atoms with Crippen LogP contribution in [0, 0.1) is 5.41 Å². The lowest BCUT2D eigenvalue weighted by molar-refractivity contribution is 0.0697. The molecule has 3 rings (SSSR count). The number of aromatic nitrogens is 2. The number of aromatic carboxylic acids is 1. The van der Waals surface area contributed by atoms with Gasteiger partial charge in [0.25, 0.3) is 0 Å². The zero-order chi connectivity index (χ0) is 13.6. The Morgan fingerprint density at radius 1 is 1.47 bits per heavy atom. The number of carboxylic acid groups (broad SMARTS) is 1. The van der Waals surface area contributed by atoms with Gasteiger partial charge in [-0.2, -0.15) is 0 Å². The Morgan fingerprint density at radius 2 is 2.26 bits per heavy atom. The zero-order valence-corrected chi connectivity index (χ0v) is 11.3. The second-order valence-corrected chi connectivity index (χ2v) is 6.06. The molecule has 1 fully saturated rings. The Bertz CT molecular complexity index is 643. The van der Waals surface area contributed by atoms with Gasteiger partial charge in [0.15, 0.2) is 0 Å². The molecule has 1 unspecified atom stereocenters. The van der Waals surface area contributed by atoms with Crippen LogP contribution in [0.15, 0.2) is 24.5 Å². The Kier molecular flexibility index (Phi) is 2.62. The molecule has 1 heterocycles. The molecule has 0 amide bonds. The summed E-state index contributed by atoms with van der Waals surface area (Å²) in [7, 11) is 0. The van der Waals surface area contributed by atoms with Crippen molar-refractivity contribution in [3.05, 3.63) is 30.1 Å². The monoisotopic (exact) mass is 258 g/mol. The Labute approximate surface area is 112 Å². The molecule has 1 aromatic heterocycles. The molecule has 2 aromatic rings. The number of hydrogen-bond acceptors (Lipinski definition) is 2. The second kappa shape index (κ2) is 4.08. The lowest BCUT2D eigenvalue weighted by atomic mass is 9.87. The molecule has 1 atom stereocenters. The molecular weight excluding hydrogens is 240 g/mol. The minimum Gasteiger partial charge on any atom is -0.478 e. The van der Waals surface area contributed by atoms with Crippen LogP contribution >= 0.6 is 0 Å². The van der Waals surface area contributed by atoms with Crippen molar-refractivity contribution in [1.29, 1.82) is 0 Å². The van der Waals surface area contributed by atoms with Gasteiger partial charge in [-0.3, -0.25) is 0 Å². The van der Waals surface area contributed by atoms with E-state index in [9.17, 15) is 4.79 Å². The first kappa shape index (κ1) is 12.2. The van der Waals surface area contributed by atoms with Crippen LogP contribution in [-0.2, 0) is 0 Å². The van der Waals surface area contributed by atoms with E-state index in [-0.39, 0.29) is 5.41 Å². The van der Waals surface area contributed by atoms with Crippen molar-refractivity contribution in [3.63, 3.8) is 0 Å². The number of imidazole rings is 1. The first-order valence-electron chi connectivity index (χ1n) is 6.69. The summed E-state index contributed by atoms with van der Waals surface area (Å²) < 4.78 is 2.16. The van der Waals surface area contributed by atoms with E-state index in [0.717, 1.165) is 17.5 Å². The van der Waals surface area contributed by atoms with Crippen molar-refractivity contribution in [2.24, 2.45) is 5.41 Å². The van der Waals surface area contributed by atoms with Gasteiger partial charge in [-0.15, -0.1) is 0 Å². The van der Waals surface area contributed by atoms with Gasteiger partial charge >= 0.3 is 5.97 Å². The van der Waals surface area contributed by atoms with Crippen LogP contribution in [-0.4, -0.2) is 20.6 Å². The Hall–Kier alpha value is -1.84. The Morgan fingerprint density at radius 3 is 2.89 bits per heavy atom. The van der Waals surface area contributed by atoms with Crippen molar-refractivity contribution < 1.29 is 9.90 Å². The molecule has 0 saturated heterocycles. The fourth-order valence-electron chi connectivity index (χ4n) is 3.23. The van der Waals surface area contributed by atoms with Crippen molar-refractivity contribution in [3.8, 4) is 0 Å². The summed E-state index contributed by atoms with van der Waals surface area (Å²) >= 11 is 0. The van der Waals surface area contributed by atoms with Crippen LogP contribution in [0.3, 0.4) is 0 Å². The maximum atomic E-state index is 11.1. The summed E-state index contributed by atoms with van der Waals surface area (Å²) in [6, 6.07) is 5.54. The molecule has 100 valence electrons. The molecule has 19 heavy (non-hydrogen) atoms. The first-order valence-corrected chi connectivity index (χ1v) is 6.69. The number of rotatable bonds is 2. The highest BCUT2D eigenvalue weighted by molar-refractivity contribution is 5.92. The average molecular weight is 258 g/mol. The summed E-state index contributed by atoms with van der Waals surface area (Å²) in [4.78, 5) is 15.5. The van der Waals surface area contributed by atoms with Crippen molar-refractivity contribution in [2.45, 2.75) is 39.2 Å². The minimum atomic E-state index is -0.889. The van der Waals surface area contributed by atoms with Crippen molar-refractivity contribution >= 4 is 17.0 Å². The topological polar surface area (TPSA) is 55.1 Å². The summed E-state index contributed by atoms with van der Waals surface area (Å²) in [5, 5.41) is 9.11. The molecule has 0 aliphatic heterocycles. The number of carboxylic acids is 1. The van der Waals surface area contributed by atoms with Crippen LogP contribution in [0.25, 0.3) is 11.0 Å². The van der Waals surface area contributed by atoms with Gasteiger partial charge in [-0.25, -0.2) is 9.78 Å². The normalized spacial score (nSPS) is 21.9. The van der Waals surface area contributed by atoms with Gasteiger partial charge in [0.2, 0.25) is 0 Å². The van der Waals surface area contributed by atoms with E-state index in [1.54, 1.807) is 18.2 Å². The smallest absolute Gasteiger partial charge is 0.335 e. The van der Waals surface area contributed by atoms with Crippen molar-refractivity contribution in [2.75, 3.05) is 0 Å². The van der Waals surface area contributed by atoms with E-state index in [1.165, 1.54) is 12.8 Å². The lowest BCUT2D eigenvalue weighted by Crippen LogP contribution is -2.20. The molecule has 4 nitrogen and oxygen atoms in total.